The lowest BCUT2D eigenvalue weighted by Gasteiger charge is -2.32. The van der Waals surface area contributed by atoms with Crippen LogP contribution >= 0.6 is 0 Å². The van der Waals surface area contributed by atoms with Crippen molar-refractivity contribution in [2.24, 2.45) is 0 Å². The number of piperidine rings is 1. The Bertz CT molecular complexity index is 1360. The summed E-state index contributed by atoms with van der Waals surface area (Å²) >= 11 is 0. The number of fused-ring (bicyclic) bond motifs is 1. The first-order chi connectivity index (χ1) is 17.9. The van der Waals surface area contributed by atoms with Gasteiger partial charge in [0.05, 0.1) is 0 Å². The standard InChI is InChI=1S/C25H21F2N5O5/c26-16-2-1-3-17(27)20(16)25(35)32-10-6-15(7-11-32)30-24(34)21-22(29-9-8-28-21)31-23(33)14-4-5-18-19(12-14)37-13-36-18/h1-5,8-9,12,15H,6-7,10-11,13H2,(H,30,34)(H,29,31,33). The van der Waals surface area contributed by atoms with E-state index in [9.17, 15) is 23.2 Å². The van der Waals surface area contributed by atoms with E-state index in [-0.39, 0.29) is 43.0 Å². The predicted octanol–water partition coefficient (Wildman–Crippen LogP) is 2.77. The summed E-state index contributed by atoms with van der Waals surface area (Å²) in [6.45, 7) is 0.472. The SMILES string of the molecule is O=C(Nc1nccnc1C(=O)NC1CCN(C(=O)c2c(F)cccc2F)CC1)c1ccc2c(c1)OCO2. The number of benzene rings is 2. The lowest BCUT2D eigenvalue weighted by Crippen LogP contribution is -2.47. The van der Waals surface area contributed by atoms with Crippen molar-refractivity contribution in [3.05, 3.63) is 77.2 Å². The highest BCUT2D eigenvalue weighted by atomic mass is 19.1. The predicted molar refractivity (Wildman–Crippen MR) is 125 cm³/mol. The molecule has 1 saturated heterocycles. The highest BCUT2D eigenvalue weighted by molar-refractivity contribution is 6.07. The monoisotopic (exact) mass is 509 g/mol. The zero-order valence-corrected chi connectivity index (χ0v) is 19.4. The summed E-state index contributed by atoms with van der Waals surface area (Å²) in [5.74, 6) is -2.70. The van der Waals surface area contributed by atoms with E-state index < -0.39 is 34.9 Å². The van der Waals surface area contributed by atoms with Gasteiger partial charge in [0.2, 0.25) is 6.79 Å². The first-order valence-electron chi connectivity index (χ1n) is 11.5. The van der Waals surface area contributed by atoms with Crippen LogP contribution in [0.4, 0.5) is 14.6 Å². The molecule has 37 heavy (non-hydrogen) atoms. The summed E-state index contributed by atoms with van der Waals surface area (Å²) in [5.41, 5.74) is -0.388. The molecule has 0 aliphatic carbocycles. The van der Waals surface area contributed by atoms with Crippen LogP contribution in [0.3, 0.4) is 0 Å². The highest BCUT2D eigenvalue weighted by Gasteiger charge is 2.29. The Hall–Kier alpha value is -4.61. The maximum absolute atomic E-state index is 14.0. The summed E-state index contributed by atoms with van der Waals surface area (Å²) in [5, 5.41) is 5.42. The van der Waals surface area contributed by atoms with Gasteiger partial charge >= 0.3 is 0 Å². The van der Waals surface area contributed by atoms with E-state index in [1.807, 2.05) is 0 Å². The lowest BCUT2D eigenvalue weighted by molar-refractivity contribution is 0.0688. The molecule has 2 aliphatic rings. The number of hydrogen-bond donors (Lipinski definition) is 2. The number of hydrogen-bond acceptors (Lipinski definition) is 7. The second kappa shape index (κ2) is 10.2. The normalized spacial score (nSPS) is 14.8. The molecule has 3 heterocycles. The zero-order chi connectivity index (χ0) is 25.9. The number of rotatable bonds is 5. The summed E-state index contributed by atoms with van der Waals surface area (Å²) in [6, 6.07) is 7.64. The molecular formula is C25H21F2N5O5. The maximum Gasteiger partial charge on any atom is 0.273 e. The molecule has 1 fully saturated rings. The number of anilines is 1. The number of nitrogens with zero attached hydrogens (tertiary/aromatic N) is 3. The third kappa shape index (κ3) is 5.03. The summed E-state index contributed by atoms with van der Waals surface area (Å²) in [7, 11) is 0. The lowest BCUT2D eigenvalue weighted by atomic mass is 10.0. The van der Waals surface area contributed by atoms with Crippen molar-refractivity contribution in [1.29, 1.82) is 0 Å². The summed E-state index contributed by atoms with van der Waals surface area (Å²) in [4.78, 5) is 47.8. The van der Waals surface area contributed by atoms with Crippen molar-refractivity contribution < 1.29 is 32.6 Å². The van der Waals surface area contributed by atoms with Gasteiger partial charge in [-0.1, -0.05) is 6.07 Å². The first-order valence-corrected chi connectivity index (χ1v) is 11.5. The number of carbonyl (C=O) groups excluding carboxylic acids is 3. The van der Waals surface area contributed by atoms with E-state index >= 15 is 0 Å². The van der Waals surface area contributed by atoms with Gasteiger partial charge in [0, 0.05) is 37.1 Å². The Morgan fingerprint density at radius 2 is 1.62 bits per heavy atom. The van der Waals surface area contributed by atoms with Crippen molar-refractivity contribution in [3.63, 3.8) is 0 Å². The van der Waals surface area contributed by atoms with Gasteiger partial charge in [-0.2, -0.15) is 0 Å². The van der Waals surface area contributed by atoms with Crippen molar-refractivity contribution >= 4 is 23.5 Å². The number of halogens is 2. The minimum atomic E-state index is -0.918. The summed E-state index contributed by atoms with van der Waals surface area (Å²) < 4.78 is 38.5. The largest absolute Gasteiger partial charge is 0.454 e. The number of nitrogens with one attached hydrogen (secondary N) is 2. The summed E-state index contributed by atoms with van der Waals surface area (Å²) in [6.07, 6.45) is 3.41. The zero-order valence-electron chi connectivity index (χ0n) is 19.4. The molecule has 5 rings (SSSR count). The second-order valence-corrected chi connectivity index (χ2v) is 8.41. The van der Waals surface area contributed by atoms with Gasteiger partial charge in [0.15, 0.2) is 23.0 Å². The molecular weight excluding hydrogens is 488 g/mol. The number of carbonyl (C=O) groups is 3. The molecule has 0 saturated carbocycles. The van der Waals surface area contributed by atoms with E-state index in [1.165, 1.54) is 29.4 Å². The smallest absolute Gasteiger partial charge is 0.273 e. The van der Waals surface area contributed by atoms with Gasteiger partial charge in [0.25, 0.3) is 17.7 Å². The Morgan fingerprint density at radius 3 is 2.38 bits per heavy atom. The van der Waals surface area contributed by atoms with Crippen LogP contribution < -0.4 is 20.1 Å². The van der Waals surface area contributed by atoms with Crippen LogP contribution in [0.5, 0.6) is 11.5 Å². The van der Waals surface area contributed by atoms with E-state index in [0.717, 1.165) is 12.1 Å². The molecule has 0 spiro atoms. The van der Waals surface area contributed by atoms with Gasteiger partial charge in [0.1, 0.15) is 17.2 Å². The van der Waals surface area contributed by atoms with E-state index in [1.54, 1.807) is 12.1 Å². The molecule has 3 amide bonds. The van der Waals surface area contributed by atoms with Crippen LogP contribution in [0.15, 0.2) is 48.8 Å². The van der Waals surface area contributed by atoms with Gasteiger partial charge in [-0.15, -0.1) is 0 Å². The second-order valence-electron chi connectivity index (χ2n) is 8.41. The van der Waals surface area contributed by atoms with Gasteiger partial charge < -0.3 is 25.0 Å². The Labute approximate surface area is 209 Å². The van der Waals surface area contributed by atoms with E-state index in [4.69, 9.17) is 9.47 Å². The van der Waals surface area contributed by atoms with Crippen LogP contribution in [-0.4, -0.2) is 58.5 Å². The van der Waals surface area contributed by atoms with Crippen molar-refractivity contribution in [2.75, 3.05) is 25.2 Å². The van der Waals surface area contributed by atoms with Crippen LogP contribution in [0.25, 0.3) is 0 Å². The molecule has 2 aromatic carbocycles. The molecule has 12 heteroatoms. The molecule has 0 unspecified atom stereocenters. The quantitative estimate of drug-likeness (QED) is 0.542. The van der Waals surface area contributed by atoms with Crippen molar-refractivity contribution in [2.45, 2.75) is 18.9 Å². The Balaban J connectivity index is 1.21. The Kier molecular flexibility index (Phi) is 6.62. The average Bonchev–Trinajstić information content (AvgIpc) is 3.37. The number of amides is 3. The molecule has 190 valence electrons. The van der Waals surface area contributed by atoms with Crippen LogP contribution in [0.1, 0.15) is 44.0 Å². The third-order valence-corrected chi connectivity index (χ3v) is 6.07. The molecule has 0 bridgehead atoms. The molecule has 1 aromatic heterocycles. The fourth-order valence-corrected chi connectivity index (χ4v) is 4.15. The van der Waals surface area contributed by atoms with E-state index in [2.05, 4.69) is 20.6 Å². The first kappa shape index (κ1) is 24.1. The molecule has 0 radical (unpaired) electrons. The van der Waals surface area contributed by atoms with Gasteiger partial charge in [-0.05, 0) is 43.2 Å². The fourth-order valence-electron chi connectivity index (χ4n) is 4.15. The highest BCUT2D eigenvalue weighted by Crippen LogP contribution is 2.32. The van der Waals surface area contributed by atoms with Crippen LogP contribution in [0, 0.1) is 11.6 Å². The molecule has 3 aromatic rings. The van der Waals surface area contributed by atoms with Crippen LogP contribution in [0.2, 0.25) is 0 Å². The van der Waals surface area contributed by atoms with Crippen LogP contribution in [-0.2, 0) is 0 Å². The fraction of sp³-hybridized carbons (Fsp3) is 0.240. The maximum atomic E-state index is 14.0. The molecule has 10 nitrogen and oxygen atoms in total. The van der Waals surface area contributed by atoms with E-state index in [0.29, 0.717) is 24.3 Å². The topological polar surface area (TPSA) is 123 Å². The minimum absolute atomic E-state index is 0.0229. The minimum Gasteiger partial charge on any atom is -0.454 e. The number of aromatic nitrogens is 2. The van der Waals surface area contributed by atoms with Gasteiger partial charge in [-0.25, -0.2) is 18.7 Å². The number of likely N-dealkylation sites (tertiary alicyclic amines) is 1. The Morgan fingerprint density at radius 1 is 0.919 bits per heavy atom. The number of ether oxygens (including phenoxy) is 2. The van der Waals surface area contributed by atoms with Gasteiger partial charge in [-0.3, -0.25) is 14.4 Å². The third-order valence-electron chi connectivity index (χ3n) is 6.07. The average molecular weight is 509 g/mol. The molecule has 2 N–H and O–H groups in total. The molecule has 0 atom stereocenters. The molecule has 2 aliphatic heterocycles. The van der Waals surface area contributed by atoms with Crippen molar-refractivity contribution in [3.8, 4) is 11.5 Å². The van der Waals surface area contributed by atoms with Crippen molar-refractivity contribution in [1.82, 2.24) is 20.2 Å².